The first-order valence-electron chi connectivity index (χ1n) is 11.4. The second kappa shape index (κ2) is 7.58. The van der Waals surface area contributed by atoms with Crippen molar-refractivity contribution < 1.29 is 4.42 Å². The van der Waals surface area contributed by atoms with Crippen LogP contribution in [-0.4, -0.2) is 0 Å². The van der Waals surface area contributed by atoms with Crippen LogP contribution in [0.15, 0.2) is 124 Å². The SMILES string of the molecule is Brc1cccc(-c2c3ccccc3c(-c3cccc4oc5ccccc5c34)c3ccccc23)c1. The Bertz CT molecular complexity index is 1820. The van der Waals surface area contributed by atoms with Crippen molar-refractivity contribution in [3.8, 4) is 22.3 Å². The summed E-state index contributed by atoms with van der Waals surface area (Å²) in [6.07, 6.45) is 0. The molecule has 0 aliphatic heterocycles. The zero-order valence-corrected chi connectivity index (χ0v) is 19.8. The van der Waals surface area contributed by atoms with Crippen molar-refractivity contribution in [3.63, 3.8) is 0 Å². The Morgan fingerprint density at radius 1 is 0.471 bits per heavy atom. The number of hydrogen-bond donors (Lipinski definition) is 0. The average molecular weight is 499 g/mol. The Morgan fingerprint density at radius 3 is 1.71 bits per heavy atom. The summed E-state index contributed by atoms with van der Waals surface area (Å²) >= 11 is 3.67. The molecular formula is C32H19BrO. The number of furan rings is 1. The lowest BCUT2D eigenvalue weighted by Crippen LogP contribution is -1.91. The van der Waals surface area contributed by atoms with Gasteiger partial charge >= 0.3 is 0 Å². The maximum Gasteiger partial charge on any atom is 0.136 e. The average Bonchev–Trinajstić information content (AvgIpc) is 3.26. The van der Waals surface area contributed by atoms with E-state index in [2.05, 4.69) is 119 Å². The Morgan fingerprint density at radius 2 is 1.03 bits per heavy atom. The zero-order valence-electron chi connectivity index (χ0n) is 18.3. The van der Waals surface area contributed by atoms with Gasteiger partial charge in [-0.1, -0.05) is 107 Å². The van der Waals surface area contributed by atoms with Gasteiger partial charge in [-0.15, -0.1) is 0 Å². The number of para-hydroxylation sites is 1. The summed E-state index contributed by atoms with van der Waals surface area (Å²) in [6.45, 7) is 0. The Hall–Kier alpha value is -3.88. The molecule has 0 fully saturated rings. The summed E-state index contributed by atoms with van der Waals surface area (Å²) in [7, 11) is 0. The monoisotopic (exact) mass is 498 g/mol. The highest BCUT2D eigenvalue weighted by atomic mass is 79.9. The fourth-order valence-corrected chi connectivity index (χ4v) is 5.76. The number of fused-ring (bicyclic) bond motifs is 5. The fraction of sp³-hybridized carbons (Fsp3) is 0. The van der Waals surface area contributed by atoms with Crippen molar-refractivity contribution in [2.24, 2.45) is 0 Å². The van der Waals surface area contributed by atoms with Crippen LogP contribution in [0.4, 0.5) is 0 Å². The van der Waals surface area contributed by atoms with Crippen LogP contribution < -0.4 is 0 Å². The van der Waals surface area contributed by atoms with Crippen LogP contribution in [-0.2, 0) is 0 Å². The summed E-state index contributed by atoms with van der Waals surface area (Å²) in [4.78, 5) is 0. The molecule has 0 spiro atoms. The third kappa shape index (κ3) is 2.85. The van der Waals surface area contributed by atoms with Crippen LogP contribution in [0.2, 0.25) is 0 Å². The minimum absolute atomic E-state index is 0.919. The summed E-state index contributed by atoms with van der Waals surface area (Å²) in [6, 6.07) is 40.8. The quantitative estimate of drug-likeness (QED) is 0.216. The van der Waals surface area contributed by atoms with Gasteiger partial charge in [0, 0.05) is 15.2 Å². The van der Waals surface area contributed by atoms with Gasteiger partial charge in [0.15, 0.2) is 0 Å². The van der Waals surface area contributed by atoms with E-state index in [0.29, 0.717) is 0 Å². The fourth-order valence-electron chi connectivity index (χ4n) is 5.36. The number of halogens is 1. The second-order valence-corrected chi connectivity index (χ2v) is 9.54. The van der Waals surface area contributed by atoms with Crippen molar-refractivity contribution in [1.29, 1.82) is 0 Å². The molecule has 0 atom stereocenters. The number of rotatable bonds is 2. The molecule has 7 aromatic rings. The van der Waals surface area contributed by atoms with Crippen molar-refractivity contribution in [3.05, 3.63) is 120 Å². The van der Waals surface area contributed by atoms with Gasteiger partial charge in [0.1, 0.15) is 11.2 Å². The normalized spacial score (nSPS) is 11.7. The molecule has 1 heterocycles. The third-order valence-corrected chi connectivity index (χ3v) is 7.21. The first-order valence-corrected chi connectivity index (χ1v) is 12.2. The van der Waals surface area contributed by atoms with Crippen molar-refractivity contribution in [1.82, 2.24) is 0 Å². The van der Waals surface area contributed by atoms with E-state index in [9.17, 15) is 0 Å². The minimum Gasteiger partial charge on any atom is -0.456 e. The van der Waals surface area contributed by atoms with E-state index in [1.807, 2.05) is 12.1 Å². The predicted molar refractivity (Wildman–Crippen MR) is 147 cm³/mol. The van der Waals surface area contributed by atoms with Gasteiger partial charge in [-0.2, -0.15) is 0 Å². The first-order chi connectivity index (χ1) is 16.8. The molecule has 0 N–H and O–H groups in total. The van der Waals surface area contributed by atoms with Crippen LogP contribution in [0, 0.1) is 0 Å². The van der Waals surface area contributed by atoms with E-state index in [4.69, 9.17) is 4.42 Å². The number of hydrogen-bond acceptors (Lipinski definition) is 1. The van der Waals surface area contributed by atoms with Gasteiger partial charge in [-0.25, -0.2) is 0 Å². The molecule has 0 aliphatic rings. The van der Waals surface area contributed by atoms with Crippen LogP contribution in [0.1, 0.15) is 0 Å². The van der Waals surface area contributed by atoms with Gasteiger partial charge in [-0.3, -0.25) is 0 Å². The molecule has 0 bridgehead atoms. The molecule has 34 heavy (non-hydrogen) atoms. The van der Waals surface area contributed by atoms with E-state index >= 15 is 0 Å². The standard InChI is InChI=1S/C32H19BrO/c33-21-10-7-9-20(19-21)30-22-11-1-3-13-24(22)31(25-14-4-2-12-23(25)30)27-16-8-18-29-32(27)26-15-5-6-17-28(26)34-29/h1-19H. The molecule has 7 rings (SSSR count). The molecule has 6 aromatic carbocycles. The Balaban J connectivity index is 1.70. The molecule has 160 valence electrons. The van der Waals surface area contributed by atoms with Crippen LogP contribution in [0.3, 0.4) is 0 Å². The van der Waals surface area contributed by atoms with E-state index < -0.39 is 0 Å². The molecule has 0 radical (unpaired) electrons. The Labute approximate surface area is 205 Å². The van der Waals surface area contributed by atoms with E-state index in [1.165, 1.54) is 49.2 Å². The maximum absolute atomic E-state index is 6.24. The van der Waals surface area contributed by atoms with Gasteiger partial charge in [-0.05, 0) is 68.1 Å². The molecule has 0 aliphatic carbocycles. The second-order valence-electron chi connectivity index (χ2n) is 8.63. The van der Waals surface area contributed by atoms with Gasteiger partial charge in [0.25, 0.3) is 0 Å². The van der Waals surface area contributed by atoms with Gasteiger partial charge in [0.2, 0.25) is 0 Å². The minimum atomic E-state index is 0.919. The Kier molecular flexibility index (Phi) is 4.36. The van der Waals surface area contributed by atoms with Crippen molar-refractivity contribution in [2.45, 2.75) is 0 Å². The van der Waals surface area contributed by atoms with E-state index in [1.54, 1.807) is 0 Å². The van der Waals surface area contributed by atoms with Crippen LogP contribution in [0.5, 0.6) is 0 Å². The molecule has 0 saturated heterocycles. The van der Waals surface area contributed by atoms with Crippen LogP contribution >= 0.6 is 15.9 Å². The molecule has 1 aromatic heterocycles. The lowest BCUT2D eigenvalue weighted by atomic mass is 9.85. The topological polar surface area (TPSA) is 13.1 Å². The molecule has 1 nitrogen and oxygen atoms in total. The highest BCUT2D eigenvalue weighted by Gasteiger charge is 2.19. The largest absolute Gasteiger partial charge is 0.456 e. The van der Waals surface area contributed by atoms with Crippen molar-refractivity contribution >= 4 is 59.4 Å². The lowest BCUT2D eigenvalue weighted by Gasteiger charge is -2.18. The zero-order chi connectivity index (χ0) is 22.6. The lowest BCUT2D eigenvalue weighted by molar-refractivity contribution is 0.669. The summed E-state index contributed by atoms with van der Waals surface area (Å²) in [5.41, 5.74) is 6.77. The maximum atomic E-state index is 6.24. The summed E-state index contributed by atoms with van der Waals surface area (Å²) in [5, 5.41) is 7.31. The summed E-state index contributed by atoms with van der Waals surface area (Å²) in [5.74, 6) is 0. The predicted octanol–water partition coefficient (Wildman–Crippen LogP) is 9.99. The molecular weight excluding hydrogens is 480 g/mol. The molecule has 2 heteroatoms. The smallest absolute Gasteiger partial charge is 0.136 e. The van der Waals surface area contributed by atoms with Crippen LogP contribution in [0.25, 0.3) is 65.7 Å². The van der Waals surface area contributed by atoms with E-state index in [-0.39, 0.29) is 0 Å². The van der Waals surface area contributed by atoms with E-state index in [0.717, 1.165) is 21.0 Å². The van der Waals surface area contributed by atoms with Crippen molar-refractivity contribution in [2.75, 3.05) is 0 Å². The molecule has 0 saturated carbocycles. The van der Waals surface area contributed by atoms with Gasteiger partial charge < -0.3 is 4.42 Å². The molecule has 0 unspecified atom stereocenters. The summed E-state index contributed by atoms with van der Waals surface area (Å²) < 4.78 is 7.32. The number of benzene rings is 6. The third-order valence-electron chi connectivity index (χ3n) is 6.72. The van der Waals surface area contributed by atoms with Gasteiger partial charge in [0.05, 0.1) is 0 Å². The highest BCUT2D eigenvalue weighted by Crippen LogP contribution is 2.46. The molecule has 0 amide bonds. The highest BCUT2D eigenvalue weighted by molar-refractivity contribution is 9.10. The first kappa shape index (κ1) is 19.6.